The molecule has 5 nitrogen and oxygen atoms in total. The number of carbonyl (C=O) groups excluding carboxylic acids is 1. The molecule has 2 aromatic carbocycles. The zero-order chi connectivity index (χ0) is 19.3. The Labute approximate surface area is 162 Å². The Balaban J connectivity index is 1.49. The number of hydrogen-bond acceptors (Lipinski definition) is 3. The third-order valence-electron chi connectivity index (χ3n) is 5.89. The number of fused-ring (bicyclic) bond motifs is 2. The van der Waals surface area contributed by atoms with Crippen LogP contribution in [0.2, 0.25) is 0 Å². The van der Waals surface area contributed by atoms with Gasteiger partial charge in [-0.3, -0.25) is 9.78 Å². The molecular weight excluding hydrogens is 352 g/mol. The highest BCUT2D eigenvalue weighted by molar-refractivity contribution is 6.11. The number of pyridine rings is 1. The third-order valence-corrected chi connectivity index (χ3v) is 5.89. The molecule has 1 amide bonds. The molecule has 2 atom stereocenters. The summed E-state index contributed by atoms with van der Waals surface area (Å²) in [5, 5.41) is 9.08. The van der Waals surface area contributed by atoms with E-state index in [1.54, 1.807) is 30.5 Å². The predicted octanol–water partition coefficient (Wildman–Crippen LogP) is 3.75. The number of benzene rings is 2. The van der Waals surface area contributed by atoms with Crippen LogP contribution in [0.15, 0.2) is 73.1 Å². The molecule has 2 aliphatic rings. The number of carbonyl (C=O) groups is 2. The number of anilines is 1. The van der Waals surface area contributed by atoms with Crippen LogP contribution in [-0.2, 0) is 16.8 Å². The van der Waals surface area contributed by atoms with Crippen molar-refractivity contribution in [3.8, 4) is 0 Å². The minimum atomic E-state index is -0.953. The SMILES string of the molecule is O=C(O)c1ccc(CN2C(=O)C3(CC3c3cccnc3)c3ccccc32)cc1. The summed E-state index contributed by atoms with van der Waals surface area (Å²) in [6, 6.07) is 18.6. The van der Waals surface area contributed by atoms with Gasteiger partial charge in [-0.15, -0.1) is 0 Å². The van der Waals surface area contributed by atoms with Crippen molar-refractivity contribution in [3.63, 3.8) is 0 Å². The Morgan fingerprint density at radius 1 is 1.11 bits per heavy atom. The van der Waals surface area contributed by atoms with Crippen LogP contribution in [0.3, 0.4) is 0 Å². The average Bonchev–Trinajstić information content (AvgIpc) is 3.44. The summed E-state index contributed by atoms with van der Waals surface area (Å²) in [5.74, 6) is -0.690. The van der Waals surface area contributed by atoms with E-state index in [4.69, 9.17) is 5.11 Å². The molecule has 3 aromatic rings. The van der Waals surface area contributed by atoms with E-state index in [1.807, 2.05) is 41.4 Å². The van der Waals surface area contributed by atoms with Crippen LogP contribution in [0.1, 0.15) is 39.4 Å². The van der Waals surface area contributed by atoms with Gasteiger partial charge in [0.1, 0.15) is 0 Å². The van der Waals surface area contributed by atoms with Gasteiger partial charge >= 0.3 is 5.97 Å². The lowest BCUT2D eigenvalue weighted by atomic mass is 9.92. The van der Waals surface area contributed by atoms with E-state index in [-0.39, 0.29) is 17.4 Å². The van der Waals surface area contributed by atoms with Crippen molar-refractivity contribution in [2.75, 3.05) is 4.90 Å². The van der Waals surface area contributed by atoms with E-state index in [0.717, 1.165) is 28.8 Å². The first-order valence-corrected chi connectivity index (χ1v) is 9.25. The summed E-state index contributed by atoms with van der Waals surface area (Å²) in [6.07, 6.45) is 4.39. The molecule has 1 aliphatic carbocycles. The lowest BCUT2D eigenvalue weighted by molar-refractivity contribution is -0.120. The van der Waals surface area contributed by atoms with Crippen molar-refractivity contribution in [2.45, 2.75) is 24.3 Å². The molecule has 1 spiro atoms. The number of rotatable bonds is 4. The number of nitrogens with zero attached hydrogens (tertiary/aromatic N) is 2. The van der Waals surface area contributed by atoms with Gasteiger partial charge in [-0.25, -0.2) is 4.79 Å². The zero-order valence-corrected chi connectivity index (χ0v) is 15.1. The first-order chi connectivity index (χ1) is 13.6. The van der Waals surface area contributed by atoms with Gasteiger partial charge in [-0.1, -0.05) is 36.4 Å². The van der Waals surface area contributed by atoms with Gasteiger partial charge < -0.3 is 10.0 Å². The molecule has 0 radical (unpaired) electrons. The van der Waals surface area contributed by atoms with E-state index < -0.39 is 11.4 Å². The number of hydrogen-bond donors (Lipinski definition) is 1. The van der Waals surface area contributed by atoms with Crippen LogP contribution in [0, 0.1) is 0 Å². The van der Waals surface area contributed by atoms with E-state index in [0.29, 0.717) is 6.54 Å². The molecule has 5 rings (SSSR count). The second kappa shape index (κ2) is 6.02. The van der Waals surface area contributed by atoms with Crippen molar-refractivity contribution in [3.05, 3.63) is 95.3 Å². The van der Waals surface area contributed by atoms with Gasteiger partial charge in [0.05, 0.1) is 17.5 Å². The first kappa shape index (κ1) is 16.7. The molecule has 2 unspecified atom stereocenters. The smallest absolute Gasteiger partial charge is 0.335 e. The van der Waals surface area contributed by atoms with Gasteiger partial charge in [-0.05, 0) is 47.4 Å². The summed E-state index contributed by atoms with van der Waals surface area (Å²) >= 11 is 0. The van der Waals surface area contributed by atoms with E-state index >= 15 is 0 Å². The maximum Gasteiger partial charge on any atom is 0.335 e. The molecule has 1 fully saturated rings. The van der Waals surface area contributed by atoms with Crippen molar-refractivity contribution < 1.29 is 14.7 Å². The summed E-state index contributed by atoms with van der Waals surface area (Å²) in [5.41, 5.74) is 3.77. The highest BCUT2D eigenvalue weighted by Gasteiger charge is 2.67. The second-order valence-electron chi connectivity index (χ2n) is 7.42. The summed E-state index contributed by atoms with van der Waals surface area (Å²) in [4.78, 5) is 30.6. The number of aromatic nitrogens is 1. The normalized spacial score (nSPS) is 22.4. The quantitative estimate of drug-likeness (QED) is 0.759. The number of amides is 1. The fourth-order valence-corrected chi connectivity index (χ4v) is 4.43. The minimum absolute atomic E-state index is 0.116. The van der Waals surface area contributed by atoms with Crippen LogP contribution in [0.25, 0.3) is 0 Å². The maximum atomic E-state index is 13.5. The lowest BCUT2D eigenvalue weighted by Crippen LogP contribution is -2.32. The van der Waals surface area contributed by atoms with E-state index in [2.05, 4.69) is 11.1 Å². The number of aromatic carboxylic acids is 1. The molecule has 1 N–H and O–H groups in total. The van der Waals surface area contributed by atoms with Gasteiger partial charge in [0.2, 0.25) is 5.91 Å². The minimum Gasteiger partial charge on any atom is -0.478 e. The van der Waals surface area contributed by atoms with Crippen LogP contribution in [0.4, 0.5) is 5.69 Å². The van der Waals surface area contributed by atoms with Crippen molar-refractivity contribution in [2.24, 2.45) is 0 Å². The summed E-state index contributed by atoms with van der Waals surface area (Å²) < 4.78 is 0. The Morgan fingerprint density at radius 3 is 2.61 bits per heavy atom. The second-order valence-corrected chi connectivity index (χ2v) is 7.42. The number of para-hydroxylation sites is 1. The van der Waals surface area contributed by atoms with Crippen LogP contribution >= 0.6 is 0 Å². The third kappa shape index (κ3) is 2.36. The molecule has 1 aliphatic heterocycles. The molecule has 138 valence electrons. The molecule has 1 aromatic heterocycles. The van der Waals surface area contributed by atoms with Gasteiger partial charge in [0, 0.05) is 24.0 Å². The van der Waals surface area contributed by atoms with Crippen molar-refractivity contribution >= 4 is 17.6 Å². The summed E-state index contributed by atoms with van der Waals surface area (Å²) in [6.45, 7) is 0.428. The predicted molar refractivity (Wildman–Crippen MR) is 104 cm³/mol. The standard InChI is InChI=1S/C23H18N2O3/c26-21(27)16-9-7-15(8-10-16)14-25-20-6-2-1-5-18(20)23(22(25)28)12-19(23)17-4-3-11-24-13-17/h1-11,13,19H,12,14H2,(H,26,27). The molecule has 0 saturated heterocycles. The zero-order valence-electron chi connectivity index (χ0n) is 15.1. The van der Waals surface area contributed by atoms with Crippen molar-refractivity contribution in [1.82, 2.24) is 4.98 Å². The lowest BCUT2D eigenvalue weighted by Gasteiger charge is -2.18. The Hall–Kier alpha value is -3.47. The van der Waals surface area contributed by atoms with Gasteiger partial charge in [-0.2, -0.15) is 0 Å². The summed E-state index contributed by atoms with van der Waals surface area (Å²) in [7, 11) is 0. The monoisotopic (exact) mass is 370 g/mol. The topological polar surface area (TPSA) is 70.5 Å². The molecular formula is C23H18N2O3. The fourth-order valence-electron chi connectivity index (χ4n) is 4.43. The highest BCUT2D eigenvalue weighted by Crippen LogP contribution is 2.66. The molecule has 2 heterocycles. The number of carboxylic acid groups (broad SMARTS) is 1. The van der Waals surface area contributed by atoms with Crippen LogP contribution in [0.5, 0.6) is 0 Å². The van der Waals surface area contributed by atoms with Crippen LogP contribution < -0.4 is 4.90 Å². The Morgan fingerprint density at radius 2 is 1.89 bits per heavy atom. The Kier molecular flexibility index (Phi) is 3.59. The Bertz CT molecular complexity index is 1080. The first-order valence-electron chi connectivity index (χ1n) is 9.25. The largest absolute Gasteiger partial charge is 0.478 e. The molecule has 5 heteroatoms. The molecule has 0 bridgehead atoms. The maximum absolute atomic E-state index is 13.5. The average molecular weight is 370 g/mol. The number of carboxylic acids is 1. The fraction of sp³-hybridized carbons (Fsp3) is 0.174. The van der Waals surface area contributed by atoms with E-state index in [9.17, 15) is 9.59 Å². The van der Waals surface area contributed by atoms with Gasteiger partial charge in [0.25, 0.3) is 0 Å². The van der Waals surface area contributed by atoms with Crippen LogP contribution in [-0.4, -0.2) is 22.0 Å². The molecule has 1 saturated carbocycles. The molecule has 28 heavy (non-hydrogen) atoms. The van der Waals surface area contributed by atoms with E-state index in [1.165, 1.54) is 0 Å². The van der Waals surface area contributed by atoms with Crippen molar-refractivity contribution in [1.29, 1.82) is 0 Å². The highest BCUT2D eigenvalue weighted by atomic mass is 16.4. The van der Waals surface area contributed by atoms with Gasteiger partial charge in [0.15, 0.2) is 0 Å².